The Kier molecular flexibility index (Phi) is 3.66. The van der Waals surface area contributed by atoms with Crippen LogP contribution in [0.25, 0.3) is 0 Å². The van der Waals surface area contributed by atoms with Gasteiger partial charge in [-0.15, -0.1) is 0 Å². The van der Waals surface area contributed by atoms with Crippen molar-refractivity contribution in [2.75, 3.05) is 0 Å². The van der Waals surface area contributed by atoms with Crippen molar-refractivity contribution in [3.8, 4) is 0 Å². The van der Waals surface area contributed by atoms with E-state index in [2.05, 4.69) is 45.0 Å². The molecule has 4 atom stereocenters. The van der Waals surface area contributed by atoms with Crippen molar-refractivity contribution in [3.63, 3.8) is 0 Å². The van der Waals surface area contributed by atoms with Crippen molar-refractivity contribution in [3.05, 3.63) is 35.9 Å². The minimum Gasteiger partial charge on any atom is -0.299 e. The van der Waals surface area contributed by atoms with E-state index < -0.39 is 0 Å². The lowest BCUT2D eigenvalue weighted by molar-refractivity contribution is -0.128. The van der Waals surface area contributed by atoms with Crippen LogP contribution >= 0.6 is 0 Å². The Morgan fingerprint density at radius 3 is 2.41 bits per heavy atom. The molecular formula is C16H22O. The molecule has 0 saturated heterocycles. The van der Waals surface area contributed by atoms with Crippen LogP contribution in [0.15, 0.2) is 30.3 Å². The Morgan fingerprint density at radius 2 is 1.82 bits per heavy atom. The van der Waals surface area contributed by atoms with E-state index in [4.69, 9.17) is 0 Å². The van der Waals surface area contributed by atoms with Gasteiger partial charge in [0, 0.05) is 12.3 Å². The predicted molar refractivity (Wildman–Crippen MR) is 70.9 cm³/mol. The molecule has 1 fully saturated rings. The summed E-state index contributed by atoms with van der Waals surface area (Å²) in [6.45, 7) is 6.62. The zero-order chi connectivity index (χ0) is 12.4. The van der Waals surface area contributed by atoms with Crippen molar-refractivity contribution in [2.45, 2.75) is 39.5 Å². The highest BCUT2D eigenvalue weighted by molar-refractivity contribution is 5.83. The van der Waals surface area contributed by atoms with Crippen LogP contribution in [0.4, 0.5) is 0 Å². The number of benzene rings is 1. The van der Waals surface area contributed by atoms with Gasteiger partial charge in [-0.2, -0.15) is 0 Å². The maximum absolute atomic E-state index is 12.2. The topological polar surface area (TPSA) is 17.1 Å². The smallest absolute Gasteiger partial charge is 0.137 e. The van der Waals surface area contributed by atoms with Crippen LogP contribution in [0.1, 0.15) is 45.1 Å². The van der Waals surface area contributed by atoms with Gasteiger partial charge >= 0.3 is 0 Å². The van der Waals surface area contributed by atoms with Crippen LogP contribution in [0.2, 0.25) is 0 Å². The minimum absolute atomic E-state index is 0.216. The summed E-state index contributed by atoms with van der Waals surface area (Å²) in [5, 5.41) is 0. The van der Waals surface area contributed by atoms with E-state index in [1.54, 1.807) is 0 Å². The Hall–Kier alpha value is -1.11. The zero-order valence-electron chi connectivity index (χ0n) is 11.0. The average Bonchev–Trinajstić information content (AvgIpc) is 2.28. The lowest BCUT2D eigenvalue weighted by Crippen LogP contribution is -2.34. The summed E-state index contributed by atoms with van der Waals surface area (Å²) in [5.74, 6) is 2.12. The number of rotatable bonds is 2. The Bertz CT molecular complexity index is 382. The van der Waals surface area contributed by atoms with Gasteiger partial charge in [0.25, 0.3) is 0 Å². The summed E-state index contributed by atoms with van der Waals surface area (Å²) in [4.78, 5) is 12.2. The Balaban J connectivity index is 2.19. The Morgan fingerprint density at radius 1 is 1.18 bits per heavy atom. The van der Waals surface area contributed by atoms with Crippen molar-refractivity contribution in [1.82, 2.24) is 0 Å². The van der Waals surface area contributed by atoms with E-state index in [-0.39, 0.29) is 5.92 Å². The molecule has 0 aromatic heterocycles. The first-order valence-corrected chi connectivity index (χ1v) is 6.67. The van der Waals surface area contributed by atoms with Crippen LogP contribution < -0.4 is 0 Å². The average molecular weight is 230 g/mol. The van der Waals surface area contributed by atoms with Crippen molar-refractivity contribution < 1.29 is 4.79 Å². The monoisotopic (exact) mass is 230 g/mol. The van der Waals surface area contributed by atoms with Crippen LogP contribution in [-0.2, 0) is 4.79 Å². The quantitative estimate of drug-likeness (QED) is 0.749. The normalized spacial score (nSPS) is 31.2. The van der Waals surface area contributed by atoms with Crippen LogP contribution in [0.5, 0.6) is 0 Å². The number of Topliss-reactive ketones (excluding diaryl/α,β-unsaturated/α-hetero) is 1. The number of carbonyl (C=O) groups excluding carboxylic acids is 1. The minimum atomic E-state index is 0.216. The second-order valence-corrected chi connectivity index (χ2v) is 5.71. The molecule has 1 aromatic carbocycles. The summed E-state index contributed by atoms with van der Waals surface area (Å²) in [5.41, 5.74) is 1.30. The first-order valence-electron chi connectivity index (χ1n) is 6.67. The van der Waals surface area contributed by atoms with Gasteiger partial charge < -0.3 is 0 Å². The van der Waals surface area contributed by atoms with Crippen LogP contribution in [-0.4, -0.2) is 5.78 Å². The highest BCUT2D eigenvalue weighted by Crippen LogP contribution is 2.39. The number of ketones is 1. The molecule has 17 heavy (non-hydrogen) atoms. The molecule has 1 aliphatic rings. The highest BCUT2D eigenvalue weighted by Gasteiger charge is 2.36. The van der Waals surface area contributed by atoms with Gasteiger partial charge in [0.15, 0.2) is 0 Å². The zero-order valence-corrected chi connectivity index (χ0v) is 11.0. The standard InChI is InChI=1S/C16H22O/c1-11-9-12(2)16(15(17)10-11)13(3)14-7-5-4-6-8-14/h4-8,11-13,16H,9-10H2,1-3H3/t11-,12-,13?,16?/m1/s1. The van der Waals surface area contributed by atoms with E-state index in [1.165, 1.54) is 12.0 Å². The summed E-state index contributed by atoms with van der Waals surface area (Å²) < 4.78 is 0. The molecule has 0 radical (unpaired) electrons. The van der Waals surface area contributed by atoms with Gasteiger partial charge in [-0.3, -0.25) is 4.79 Å². The third-order valence-electron chi connectivity index (χ3n) is 4.17. The molecule has 1 aromatic rings. The van der Waals surface area contributed by atoms with Crippen LogP contribution in [0.3, 0.4) is 0 Å². The van der Waals surface area contributed by atoms with E-state index in [0.717, 1.165) is 6.42 Å². The molecule has 0 heterocycles. The molecule has 2 unspecified atom stereocenters. The van der Waals surface area contributed by atoms with Crippen molar-refractivity contribution in [2.24, 2.45) is 17.8 Å². The summed E-state index contributed by atoms with van der Waals surface area (Å²) in [6.07, 6.45) is 1.96. The molecule has 0 aliphatic heterocycles. The molecule has 1 heteroatoms. The molecule has 0 amide bonds. The molecule has 0 N–H and O–H groups in total. The van der Waals surface area contributed by atoms with E-state index in [9.17, 15) is 4.79 Å². The lowest BCUT2D eigenvalue weighted by atomic mass is 9.68. The summed E-state index contributed by atoms with van der Waals surface area (Å²) >= 11 is 0. The van der Waals surface area contributed by atoms with Crippen LogP contribution in [0, 0.1) is 17.8 Å². The fourth-order valence-electron chi connectivity index (χ4n) is 3.40. The number of hydrogen-bond donors (Lipinski definition) is 0. The first-order chi connectivity index (χ1) is 8.09. The number of carbonyl (C=O) groups is 1. The first kappa shape index (κ1) is 12.3. The van der Waals surface area contributed by atoms with Gasteiger partial charge in [-0.1, -0.05) is 51.1 Å². The fourth-order valence-corrected chi connectivity index (χ4v) is 3.40. The third-order valence-corrected chi connectivity index (χ3v) is 4.17. The van der Waals surface area contributed by atoms with Gasteiger partial charge in [-0.05, 0) is 29.7 Å². The molecular weight excluding hydrogens is 208 g/mol. The molecule has 1 saturated carbocycles. The van der Waals surface area contributed by atoms with Gasteiger partial charge in [0.1, 0.15) is 5.78 Å². The molecule has 1 aliphatic carbocycles. The predicted octanol–water partition coefficient (Wildman–Crippen LogP) is 4.04. The van der Waals surface area contributed by atoms with Crippen molar-refractivity contribution in [1.29, 1.82) is 0 Å². The number of hydrogen-bond acceptors (Lipinski definition) is 1. The molecule has 92 valence electrons. The maximum Gasteiger partial charge on any atom is 0.137 e. The molecule has 0 bridgehead atoms. The Labute approximate surface area is 104 Å². The third kappa shape index (κ3) is 2.59. The maximum atomic E-state index is 12.2. The lowest BCUT2D eigenvalue weighted by Gasteiger charge is -2.35. The second-order valence-electron chi connectivity index (χ2n) is 5.71. The fraction of sp³-hybridized carbons (Fsp3) is 0.562. The summed E-state index contributed by atoms with van der Waals surface area (Å²) in [7, 11) is 0. The van der Waals surface area contributed by atoms with Gasteiger partial charge in [-0.25, -0.2) is 0 Å². The summed E-state index contributed by atoms with van der Waals surface area (Å²) in [6, 6.07) is 10.4. The largest absolute Gasteiger partial charge is 0.299 e. The van der Waals surface area contributed by atoms with E-state index >= 15 is 0 Å². The highest BCUT2D eigenvalue weighted by atomic mass is 16.1. The SMILES string of the molecule is CC(c1ccccc1)C1C(=O)C[C@H](C)C[C@H]1C. The van der Waals surface area contributed by atoms with Gasteiger partial charge in [0.05, 0.1) is 0 Å². The van der Waals surface area contributed by atoms with Gasteiger partial charge in [0.2, 0.25) is 0 Å². The van der Waals surface area contributed by atoms with E-state index in [0.29, 0.717) is 23.5 Å². The molecule has 2 rings (SSSR count). The second kappa shape index (κ2) is 5.03. The molecule has 1 nitrogen and oxygen atoms in total. The van der Waals surface area contributed by atoms with Crippen molar-refractivity contribution >= 4 is 5.78 Å². The molecule has 0 spiro atoms. The van der Waals surface area contributed by atoms with E-state index in [1.807, 2.05) is 6.07 Å².